The molecule has 0 aliphatic carbocycles. The summed E-state index contributed by atoms with van der Waals surface area (Å²) in [6.07, 6.45) is -9.97. The van der Waals surface area contributed by atoms with Gasteiger partial charge in [0.05, 0.1) is 11.1 Å². The zero-order valence-corrected chi connectivity index (χ0v) is 13.6. The molecule has 2 amide bonds. The second-order valence-corrected chi connectivity index (χ2v) is 5.75. The first-order chi connectivity index (χ1) is 11.8. The van der Waals surface area contributed by atoms with Crippen molar-refractivity contribution in [3.8, 4) is 0 Å². The molecule has 0 saturated carbocycles. The molecule has 0 bridgehead atoms. The maximum Gasteiger partial charge on any atom is 0.416 e. The van der Waals surface area contributed by atoms with Crippen LogP contribution in [0.3, 0.4) is 0 Å². The van der Waals surface area contributed by atoms with Crippen molar-refractivity contribution in [3.05, 3.63) is 58.7 Å². The number of anilines is 2. The third-order valence-electron chi connectivity index (χ3n) is 3.33. The number of nitrogens with one attached hydrogen (secondary N) is 2. The van der Waals surface area contributed by atoms with Crippen LogP contribution in [0.15, 0.2) is 36.4 Å². The molecule has 0 aliphatic rings. The van der Waals surface area contributed by atoms with Gasteiger partial charge in [-0.1, -0.05) is 6.07 Å². The topological polar surface area (TPSA) is 41.1 Å². The summed E-state index contributed by atoms with van der Waals surface area (Å²) in [4.78, 5) is 11.9. The Kier molecular flexibility index (Phi) is 5.20. The maximum absolute atomic E-state index is 12.8. The van der Waals surface area contributed by atoms with Crippen LogP contribution in [0.2, 0.25) is 0 Å². The summed E-state index contributed by atoms with van der Waals surface area (Å²) in [5.41, 5.74) is -1.60. The van der Waals surface area contributed by atoms with Gasteiger partial charge in [0.25, 0.3) is 0 Å². The molecule has 2 aromatic rings. The van der Waals surface area contributed by atoms with Gasteiger partial charge < -0.3 is 10.6 Å². The Labute approximate surface area is 145 Å². The maximum atomic E-state index is 12.8. The molecular weight excluding hydrogens is 362 g/mol. The van der Waals surface area contributed by atoms with E-state index in [-0.39, 0.29) is 6.07 Å². The number of hydrogen-bond donors (Lipinski definition) is 2. The zero-order valence-electron chi connectivity index (χ0n) is 13.6. The van der Waals surface area contributed by atoms with Crippen molar-refractivity contribution in [2.75, 3.05) is 10.6 Å². The third-order valence-corrected chi connectivity index (χ3v) is 3.33. The molecule has 26 heavy (non-hydrogen) atoms. The Bertz CT molecular complexity index is 774. The van der Waals surface area contributed by atoms with E-state index in [1.54, 1.807) is 26.0 Å². The van der Waals surface area contributed by atoms with Gasteiger partial charge in [0.2, 0.25) is 0 Å². The minimum absolute atomic E-state index is 0.00694. The Morgan fingerprint density at radius 3 is 1.46 bits per heavy atom. The highest BCUT2D eigenvalue weighted by molar-refractivity contribution is 6.00. The number of carbonyl (C=O) groups is 1. The lowest BCUT2D eigenvalue weighted by Gasteiger charge is -2.15. The minimum Gasteiger partial charge on any atom is -0.308 e. The van der Waals surface area contributed by atoms with Crippen molar-refractivity contribution in [1.29, 1.82) is 0 Å². The number of halogens is 6. The Morgan fingerprint density at radius 2 is 1.08 bits per heavy atom. The van der Waals surface area contributed by atoms with Crippen LogP contribution in [-0.4, -0.2) is 6.03 Å². The van der Waals surface area contributed by atoms with Gasteiger partial charge in [-0.2, -0.15) is 26.3 Å². The van der Waals surface area contributed by atoms with Gasteiger partial charge in [0, 0.05) is 11.4 Å². The first-order valence-electron chi connectivity index (χ1n) is 7.30. The Morgan fingerprint density at radius 1 is 0.692 bits per heavy atom. The van der Waals surface area contributed by atoms with Crippen LogP contribution >= 0.6 is 0 Å². The second-order valence-electron chi connectivity index (χ2n) is 5.75. The lowest BCUT2D eigenvalue weighted by atomic mass is 10.1. The Balaban J connectivity index is 2.28. The predicted octanol–water partition coefficient (Wildman–Crippen LogP) is 5.99. The molecule has 2 aromatic carbocycles. The highest BCUT2D eigenvalue weighted by Gasteiger charge is 2.37. The fourth-order valence-corrected chi connectivity index (χ4v) is 2.37. The average molecular weight is 376 g/mol. The van der Waals surface area contributed by atoms with E-state index in [2.05, 4.69) is 5.32 Å². The SMILES string of the molecule is Cc1cc(C)cc(NC(=O)Nc2cc(C(F)(F)F)cc(C(F)(F)F)c2)c1. The number of carbonyl (C=O) groups excluding carboxylic acids is 1. The zero-order chi connectivity index (χ0) is 19.7. The van der Waals surface area contributed by atoms with E-state index in [4.69, 9.17) is 0 Å². The summed E-state index contributed by atoms with van der Waals surface area (Å²) in [5, 5.41) is 4.38. The molecule has 0 aliphatic heterocycles. The van der Waals surface area contributed by atoms with E-state index in [0.29, 0.717) is 17.8 Å². The normalized spacial score (nSPS) is 12.0. The molecule has 0 unspecified atom stereocenters. The van der Waals surface area contributed by atoms with E-state index < -0.39 is 35.2 Å². The van der Waals surface area contributed by atoms with Gasteiger partial charge in [-0.25, -0.2) is 4.79 Å². The largest absolute Gasteiger partial charge is 0.416 e. The minimum atomic E-state index is -4.98. The molecule has 0 aromatic heterocycles. The summed E-state index contributed by atoms with van der Waals surface area (Å²) in [6.45, 7) is 3.55. The Hall–Kier alpha value is -2.71. The van der Waals surface area contributed by atoms with Crippen LogP contribution in [0.5, 0.6) is 0 Å². The van der Waals surface area contributed by atoms with Crippen molar-refractivity contribution in [1.82, 2.24) is 0 Å². The number of aryl methyl sites for hydroxylation is 2. The summed E-state index contributed by atoms with van der Waals surface area (Å²) in [6, 6.07) is 4.98. The van der Waals surface area contributed by atoms with E-state index in [9.17, 15) is 31.1 Å². The van der Waals surface area contributed by atoms with Crippen molar-refractivity contribution in [2.45, 2.75) is 26.2 Å². The van der Waals surface area contributed by atoms with Crippen LogP contribution in [0, 0.1) is 13.8 Å². The number of urea groups is 1. The predicted molar refractivity (Wildman–Crippen MR) is 85.0 cm³/mol. The molecule has 9 heteroatoms. The van der Waals surface area contributed by atoms with Gasteiger partial charge >= 0.3 is 18.4 Å². The molecule has 0 spiro atoms. The van der Waals surface area contributed by atoms with Crippen molar-refractivity contribution in [3.63, 3.8) is 0 Å². The quantitative estimate of drug-likeness (QED) is 0.622. The lowest BCUT2D eigenvalue weighted by molar-refractivity contribution is -0.143. The van der Waals surface area contributed by atoms with Crippen molar-refractivity contribution in [2.24, 2.45) is 0 Å². The molecule has 2 N–H and O–H groups in total. The molecule has 0 fully saturated rings. The molecule has 3 nitrogen and oxygen atoms in total. The first-order valence-corrected chi connectivity index (χ1v) is 7.30. The standard InChI is InChI=1S/C17H14F6N2O/c1-9-3-10(2)5-13(4-9)24-15(26)25-14-7-11(16(18,19)20)6-12(8-14)17(21,22)23/h3-8H,1-2H3,(H2,24,25,26). The van der Waals surface area contributed by atoms with E-state index in [1.807, 2.05) is 11.4 Å². The summed E-state index contributed by atoms with van der Waals surface area (Å²) < 4.78 is 76.9. The third kappa shape index (κ3) is 5.14. The van der Waals surface area contributed by atoms with Gasteiger partial charge in [-0.05, 0) is 55.3 Å². The highest BCUT2D eigenvalue weighted by atomic mass is 19.4. The molecule has 0 atom stereocenters. The van der Waals surface area contributed by atoms with Crippen LogP contribution in [0.25, 0.3) is 0 Å². The van der Waals surface area contributed by atoms with Crippen LogP contribution in [0.1, 0.15) is 22.3 Å². The first kappa shape index (κ1) is 19.6. The van der Waals surface area contributed by atoms with Crippen molar-refractivity contribution < 1.29 is 31.1 Å². The van der Waals surface area contributed by atoms with Crippen molar-refractivity contribution >= 4 is 17.4 Å². The number of rotatable bonds is 2. The molecule has 140 valence electrons. The molecule has 2 rings (SSSR count). The van der Waals surface area contributed by atoms with E-state index >= 15 is 0 Å². The van der Waals surface area contributed by atoms with Crippen LogP contribution < -0.4 is 10.6 Å². The summed E-state index contributed by atoms with van der Waals surface area (Å²) >= 11 is 0. The molecule has 0 saturated heterocycles. The molecule has 0 radical (unpaired) electrons. The monoisotopic (exact) mass is 376 g/mol. The molecular formula is C17H14F6N2O. The van der Waals surface area contributed by atoms with Gasteiger partial charge in [-0.15, -0.1) is 0 Å². The van der Waals surface area contributed by atoms with Crippen LogP contribution in [0.4, 0.5) is 42.5 Å². The van der Waals surface area contributed by atoms with Gasteiger partial charge in [-0.3, -0.25) is 0 Å². The lowest BCUT2D eigenvalue weighted by Crippen LogP contribution is -2.21. The number of hydrogen-bond acceptors (Lipinski definition) is 1. The number of benzene rings is 2. The fraction of sp³-hybridized carbons (Fsp3) is 0.235. The highest BCUT2D eigenvalue weighted by Crippen LogP contribution is 2.37. The van der Waals surface area contributed by atoms with Gasteiger partial charge in [0.1, 0.15) is 0 Å². The average Bonchev–Trinajstić information content (AvgIpc) is 2.43. The van der Waals surface area contributed by atoms with Gasteiger partial charge in [0.15, 0.2) is 0 Å². The molecule has 0 heterocycles. The second kappa shape index (κ2) is 6.89. The van der Waals surface area contributed by atoms with E-state index in [1.165, 1.54) is 0 Å². The number of amides is 2. The fourth-order valence-electron chi connectivity index (χ4n) is 2.37. The number of alkyl halides is 6. The van der Waals surface area contributed by atoms with Crippen LogP contribution in [-0.2, 0) is 12.4 Å². The van der Waals surface area contributed by atoms with E-state index in [0.717, 1.165) is 11.1 Å². The summed E-state index contributed by atoms with van der Waals surface area (Å²) in [7, 11) is 0. The smallest absolute Gasteiger partial charge is 0.308 e. The summed E-state index contributed by atoms with van der Waals surface area (Å²) in [5.74, 6) is 0.